The number of fused-ring (bicyclic) bond motifs is 2. The van der Waals surface area contributed by atoms with Gasteiger partial charge in [-0.2, -0.15) is 5.10 Å². The van der Waals surface area contributed by atoms with Crippen molar-refractivity contribution in [2.75, 3.05) is 5.75 Å². The van der Waals surface area contributed by atoms with E-state index in [-0.39, 0.29) is 11.7 Å². The van der Waals surface area contributed by atoms with Crippen molar-refractivity contribution in [2.24, 2.45) is 12.1 Å². The molecule has 0 radical (unpaired) electrons. The summed E-state index contributed by atoms with van der Waals surface area (Å²) >= 11 is 1.35. The number of para-hydroxylation sites is 3. The van der Waals surface area contributed by atoms with Crippen LogP contribution in [0.5, 0.6) is 0 Å². The fraction of sp³-hybridized carbons (Fsp3) is 0.105. The van der Waals surface area contributed by atoms with Crippen LogP contribution in [0.25, 0.3) is 21.9 Å². The van der Waals surface area contributed by atoms with Crippen LogP contribution in [0.1, 0.15) is 5.56 Å². The molecule has 0 saturated heterocycles. The van der Waals surface area contributed by atoms with E-state index in [1.807, 2.05) is 60.3 Å². The number of hydrogen-bond donors (Lipinski definition) is 2. The van der Waals surface area contributed by atoms with E-state index in [1.165, 1.54) is 11.8 Å². The van der Waals surface area contributed by atoms with Gasteiger partial charge in [-0.05, 0) is 18.2 Å². The van der Waals surface area contributed by atoms with Crippen molar-refractivity contribution in [1.29, 1.82) is 0 Å². The third kappa shape index (κ3) is 3.34. The fourth-order valence-electron chi connectivity index (χ4n) is 2.81. The van der Waals surface area contributed by atoms with Crippen molar-refractivity contribution in [3.63, 3.8) is 0 Å². The number of amides is 1. The summed E-state index contributed by atoms with van der Waals surface area (Å²) in [4.78, 5) is 19.6. The number of carbonyl (C=O) groups excluding carboxylic acids is 1. The van der Waals surface area contributed by atoms with Crippen LogP contribution in [0.4, 0.5) is 0 Å². The van der Waals surface area contributed by atoms with Crippen molar-refractivity contribution >= 4 is 45.8 Å². The predicted molar refractivity (Wildman–Crippen MR) is 105 cm³/mol. The molecular weight excluding hydrogens is 346 g/mol. The molecule has 0 fully saturated rings. The number of nitrogens with zero attached hydrogens (tertiary/aromatic N) is 3. The number of thioether (sulfide) groups is 1. The lowest BCUT2D eigenvalue weighted by Gasteiger charge is -1.97. The van der Waals surface area contributed by atoms with Crippen LogP contribution in [-0.4, -0.2) is 32.4 Å². The molecule has 0 aliphatic rings. The Balaban J connectivity index is 1.36. The van der Waals surface area contributed by atoms with Gasteiger partial charge in [-0.25, -0.2) is 10.4 Å². The minimum Gasteiger partial charge on any atom is -0.350 e. The number of imidazole rings is 1. The summed E-state index contributed by atoms with van der Waals surface area (Å²) in [6.07, 6.45) is 3.66. The minimum absolute atomic E-state index is 0.174. The molecule has 0 aliphatic heterocycles. The highest BCUT2D eigenvalue weighted by Gasteiger charge is 2.07. The zero-order chi connectivity index (χ0) is 17.9. The molecule has 2 aromatic heterocycles. The van der Waals surface area contributed by atoms with E-state index in [0.717, 1.165) is 32.7 Å². The van der Waals surface area contributed by atoms with Gasteiger partial charge in [0.2, 0.25) is 0 Å². The number of aryl methyl sites for hydroxylation is 1. The number of aromatic amines is 1. The van der Waals surface area contributed by atoms with Crippen LogP contribution < -0.4 is 5.43 Å². The second kappa shape index (κ2) is 7.05. The Hall–Kier alpha value is -3.06. The SMILES string of the molecule is Cn1cc(/C=N\NC(=O)CSc2nc3ccccc3[nH]2)c2ccccc21. The van der Waals surface area contributed by atoms with Gasteiger partial charge in [0.15, 0.2) is 5.16 Å². The molecule has 0 unspecified atom stereocenters. The van der Waals surface area contributed by atoms with Crippen molar-refractivity contribution in [3.05, 3.63) is 60.3 Å². The first kappa shape index (κ1) is 16.4. The Bertz CT molecular complexity index is 1080. The van der Waals surface area contributed by atoms with Crippen LogP contribution >= 0.6 is 11.8 Å². The highest BCUT2D eigenvalue weighted by Crippen LogP contribution is 2.19. The molecule has 0 atom stereocenters. The van der Waals surface area contributed by atoms with Crippen molar-refractivity contribution in [2.45, 2.75) is 5.16 Å². The van der Waals surface area contributed by atoms with E-state index in [2.05, 4.69) is 26.6 Å². The number of hydrazone groups is 1. The lowest BCUT2D eigenvalue weighted by Crippen LogP contribution is -2.19. The largest absolute Gasteiger partial charge is 0.350 e. The average molecular weight is 363 g/mol. The number of rotatable bonds is 5. The highest BCUT2D eigenvalue weighted by molar-refractivity contribution is 7.99. The van der Waals surface area contributed by atoms with Crippen molar-refractivity contribution < 1.29 is 4.79 Å². The van der Waals surface area contributed by atoms with Crippen LogP contribution in [-0.2, 0) is 11.8 Å². The molecule has 4 aromatic rings. The smallest absolute Gasteiger partial charge is 0.250 e. The molecule has 0 bridgehead atoms. The second-order valence-electron chi connectivity index (χ2n) is 5.85. The quantitative estimate of drug-likeness (QED) is 0.325. The average Bonchev–Trinajstić information content (AvgIpc) is 3.21. The standard InChI is InChI=1S/C19H17N5OS/c1-24-11-13(14-6-2-5-9-17(14)24)10-20-23-18(25)12-26-19-21-15-7-3-4-8-16(15)22-19/h2-11H,12H2,1H3,(H,21,22)(H,23,25)/b20-10-. The molecule has 2 N–H and O–H groups in total. The first-order valence-electron chi connectivity index (χ1n) is 8.14. The van der Waals surface area contributed by atoms with Crippen LogP contribution in [0.3, 0.4) is 0 Å². The first-order valence-corrected chi connectivity index (χ1v) is 9.13. The lowest BCUT2D eigenvalue weighted by molar-refractivity contribution is -0.118. The molecule has 0 aliphatic carbocycles. The summed E-state index contributed by atoms with van der Waals surface area (Å²) in [6, 6.07) is 15.9. The minimum atomic E-state index is -0.174. The zero-order valence-corrected chi connectivity index (χ0v) is 15.0. The van der Waals surface area contributed by atoms with Gasteiger partial charge >= 0.3 is 0 Å². The summed E-state index contributed by atoms with van der Waals surface area (Å²) in [7, 11) is 1.99. The lowest BCUT2D eigenvalue weighted by atomic mass is 10.2. The van der Waals surface area contributed by atoms with E-state index < -0.39 is 0 Å². The molecule has 4 rings (SSSR count). The number of hydrogen-bond acceptors (Lipinski definition) is 4. The van der Waals surface area contributed by atoms with Gasteiger partial charge in [-0.1, -0.05) is 42.1 Å². The van der Waals surface area contributed by atoms with Gasteiger partial charge in [0.1, 0.15) is 0 Å². The molecule has 0 spiro atoms. The van der Waals surface area contributed by atoms with Gasteiger partial charge in [-0.15, -0.1) is 0 Å². The van der Waals surface area contributed by atoms with E-state index in [4.69, 9.17) is 0 Å². The molecule has 26 heavy (non-hydrogen) atoms. The van der Waals surface area contributed by atoms with Gasteiger partial charge in [0, 0.05) is 29.7 Å². The van der Waals surface area contributed by atoms with Crippen molar-refractivity contribution in [3.8, 4) is 0 Å². The first-order chi connectivity index (χ1) is 12.7. The Morgan fingerprint density at radius 3 is 2.96 bits per heavy atom. The third-order valence-electron chi connectivity index (χ3n) is 4.03. The Labute approximate surface area is 154 Å². The molecule has 7 heteroatoms. The normalized spacial score (nSPS) is 11.6. The number of aromatic nitrogens is 3. The molecular formula is C19H17N5OS. The number of carbonyl (C=O) groups is 1. The Kier molecular flexibility index (Phi) is 4.45. The van der Waals surface area contributed by atoms with Gasteiger partial charge < -0.3 is 9.55 Å². The van der Waals surface area contributed by atoms with Crippen molar-refractivity contribution in [1.82, 2.24) is 20.0 Å². The van der Waals surface area contributed by atoms with E-state index in [9.17, 15) is 4.79 Å². The fourth-order valence-corrected chi connectivity index (χ4v) is 3.49. The number of nitrogens with one attached hydrogen (secondary N) is 2. The number of H-pyrrole nitrogens is 1. The van der Waals surface area contributed by atoms with Crippen LogP contribution in [0.2, 0.25) is 0 Å². The van der Waals surface area contributed by atoms with Crippen LogP contribution in [0, 0.1) is 0 Å². The molecule has 2 heterocycles. The maximum atomic E-state index is 12.0. The maximum absolute atomic E-state index is 12.0. The van der Waals surface area contributed by atoms with Gasteiger partial charge in [0.25, 0.3) is 5.91 Å². The highest BCUT2D eigenvalue weighted by atomic mass is 32.2. The summed E-state index contributed by atoms with van der Waals surface area (Å²) in [6.45, 7) is 0. The van der Waals surface area contributed by atoms with Gasteiger partial charge in [-0.3, -0.25) is 4.79 Å². The van der Waals surface area contributed by atoms with E-state index >= 15 is 0 Å². The topological polar surface area (TPSA) is 75.1 Å². The molecule has 2 aromatic carbocycles. The third-order valence-corrected chi connectivity index (χ3v) is 4.90. The summed E-state index contributed by atoms with van der Waals surface area (Å²) in [5, 5.41) is 5.90. The van der Waals surface area contributed by atoms with E-state index in [1.54, 1.807) is 6.21 Å². The number of benzene rings is 2. The molecule has 0 saturated carbocycles. The molecule has 6 nitrogen and oxygen atoms in total. The second-order valence-corrected chi connectivity index (χ2v) is 6.82. The Morgan fingerprint density at radius 2 is 2.08 bits per heavy atom. The summed E-state index contributed by atoms with van der Waals surface area (Å²) in [5.74, 6) is 0.0686. The van der Waals surface area contributed by atoms with Gasteiger partial charge in [0.05, 0.1) is 23.0 Å². The molecule has 130 valence electrons. The predicted octanol–water partition coefficient (Wildman–Crippen LogP) is 3.30. The Morgan fingerprint density at radius 1 is 1.27 bits per heavy atom. The summed E-state index contributed by atoms with van der Waals surface area (Å²) < 4.78 is 2.04. The van der Waals surface area contributed by atoms with Crippen LogP contribution in [0.15, 0.2) is 65.0 Å². The maximum Gasteiger partial charge on any atom is 0.250 e. The molecule has 1 amide bonds. The zero-order valence-electron chi connectivity index (χ0n) is 14.1. The monoisotopic (exact) mass is 363 g/mol. The van der Waals surface area contributed by atoms with E-state index in [0.29, 0.717) is 0 Å². The summed E-state index contributed by atoms with van der Waals surface area (Å²) in [5.41, 5.74) is 6.51.